The van der Waals surface area contributed by atoms with Gasteiger partial charge in [0.05, 0.1) is 6.61 Å². The Labute approximate surface area is 123 Å². The van der Waals surface area contributed by atoms with Gasteiger partial charge in [-0.3, -0.25) is 10.1 Å². The van der Waals surface area contributed by atoms with Gasteiger partial charge >= 0.3 is 5.97 Å². The van der Waals surface area contributed by atoms with E-state index in [0.717, 1.165) is 32.7 Å². The lowest BCUT2D eigenvalue weighted by molar-refractivity contribution is -0.145. The van der Waals surface area contributed by atoms with Gasteiger partial charge in [-0.1, -0.05) is 6.92 Å². The molecule has 0 aliphatic rings. The number of rotatable bonds is 12. The molecule has 0 saturated heterocycles. The van der Waals surface area contributed by atoms with E-state index in [-0.39, 0.29) is 6.04 Å². The molecule has 1 unspecified atom stereocenters. The van der Waals surface area contributed by atoms with Crippen molar-refractivity contribution in [2.75, 3.05) is 33.4 Å². The van der Waals surface area contributed by atoms with Crippen LogP contribution in [0.2, 0.25) is 0 Å². The fourth-order valence-electron chi connectivity index (χ4n) is 2.35. The Morgan fingerprint density at radius 1 is 1.35 bits per heavy atom. The molecule has 0 heterocycles. The summed E-state index contributed by atoms with van der Waals surface area (Å²) in [5.74, 6) is -0.745. The number of nitrogens with one attached hydrogen (secondary N) is 1. The third kappa shape index (κ3) is 7.22. The Hall–Kier alpha value is -0.650. The quantitative estimate of drug-likeness (QED) is 0.538. The highest BCUT2D eigenvalue weighted by molar-refractivity contribution is 5.78. The normalized spacial score (nSPS) is 14.8. The minimum absolute atomic E-state index is 0.168. The standard InChI is InChI=1S/C15H32N2O3/c1-6-15(14(18)19,16-13(3)4)9-8-10-17(5)11-12-20-7-2/h13,16H,6-12H2,1-5H3,(H,18,19). The van der Waals surface area contributed by atoms with Crippen LogP contribution < -0.4 is 5.32 Å². The average Bonchev–Trinajstić information content (AvgIpc) is 2.37. The van der Waals surface area contributed by atoms with Crippen LogP contribution in [0.25, 0.3) is 0 Å². The van der Waals surface area contributed by atoms with Gasteiger partial charge in [-0.25, -0.2) is 0 Å². The van der Waals surface area contributed by atoms with E-state index in [4.69, 9.17) is 4.74 Å². The van der Waals surface area contributed by atoms with E-state index >= 15 is 0 Å². The molecule has 0 bridgehead atoms. The lowest BCUT2D eigenvalue weighted by Crippen LogP contribution is -2.54. The molecule has 0 aromatic rings. The second-order valence-corrected chi connectivity index (χ2v) is 5.64. The summed E-state index contributed by atoms with van der Waals surface area (Å²) in [7, 11) is 2.04. The van der Waals surface area contributed by atoms with E-state index in [9.17, 15) is 9.90 Å². The first-order chi connectivity index (χ1) is 9.38. The number of ether oxygens (including phenoxy) is 1. The van der Waals surface area contributed by atoms with Gasteiger partial charge in [0, 0.05) is 19.2 Å². The Morgan fingerprint density at radius 2 is 2.00 bits per heavy atom. The number of carbonyl (C=O) groups is 1. The summed E-state index contributed by atoms with van der Waals surface area (Å²) >= 11 is 0. The number of aliphatic carboxylic acids is 1. The molecule has 1 atom stereocenters. The molecule has 5 heteroatoms. The first-order valence-corrected chi connectivity index (χ1v) is 7.65. The largest absolute Gasteiger partial charge is 0.480 e. The molecular formula is C15H32N2O3. The lowest BCUT2D eigenvalue weighted by Gasteiger charge is -2.32. The molecule has 0 aliphatic heterocycles. The topological polar surface area (TPSA) is 61.8 Å². The molecule has 0 amide bonds. The molecule has 20 heavy (non-hydrogen) atoms. The van der Waals surface area contributed by atoms with Crippen molar-refractivity contribution >= 4 is 5.97 Å². The smallest absolute Gasteiger partial charge is 0.323 e. The van der Waals surface area contributed by atoms with Crippen LogP contribution in [-0.4, -0.2) is 60.9 Å². The molecule has 0 aromatic heterocycles. The van der Waals surface area contributed by atoms with Crippen molar-refractivity contribution in [1.29, 1.82) is 0 Å². The molecule has 0 aliphatic carbocycles. The van der Waals surface area contributed by atoms with Crippen LogP contribution in [0, 0.1) is 0 Å². The van der Waals surface area contributed by atoms with Gasteiger partial charge in [0.15, 0.2) is 0 Å². The second-order valence-electron chi connectivity index (χ2n) is 5.64. The first kappa shape index (κ1) is 19.4. The lowest BCUT2D eigenvalue weighted by atomic mass is 9.89. The van der Waals surface area contributed by atoms with Gasteiger partial charge in [-0.15, -0.1) is 0 Å². The average molecular weight is 288 g/mol. The fourth-order valence-corrected chi connectivity index (χ4v) is 2.35. The van der Waals surface area contributed by atoms with Crippen LogP contribution in [0.4, 0.5) is 0 Å². The predicted octanol–water partition coefficient (Wildman–Crippen LogP) is 1.97. The van der Waals surface area contributed by atoms with Crippen molar-refractivity contribution in [3.63, 3.8) is 0 Å². The van der Waals surface area contributed by atoms with E-state index in [1.165, 1.54) is 0 Å². The summed E-state index contributed by atoms with van der Waals surface area (Å²) in [5, 5.41) is 12.7. The zero-order chi connectivity index (χ0) is 15.6. The molecule has 5 nitrogen and oxygen atoms in total. The van der Waals surface area contributed by atoms with E-state index in [1.54, 1.807) is 0 Å². The second kappa shape index (κ2) is 10.1. The molecule has 2 N–H and O–H groups in total. The van der Waals surface area contributed by atoms with Gasteiger partial charge < -0.3 is 14.7 Å². The number of carboxylic acids is 1. The Morgan fingerprint density at radius 3 is 2.45 bits per heavy atom. The van der Waals surface area contributed by atoms with Crippen LogP contribution in [0.3, 0.4) is 0 Å². The van der Waals surface area contributed by atoms with Gasteiger partial charge in [0.25, 0.3) is 0 Å². The van der Waals surface area contributed by atoms with Crippen LogP contribution in [0.1, 0.15) is 47.0 Å². The third-order valence-corrected chi connectivity index (χ3v) is 3.54. The fraction of sp³-hybridized carbons (Fsp3) is 0.933. The van der Waals surface area contributed by atoms with Crippen molar-refractivity contribution < 1.29 is 14.6 Å². The van der Waals surface area contributed by atoms with Crippen molar-refractivity contribution in [1.82, 2.24) is 10.2 Å². The highest BCUT2D eigenvalue weighted by Gasteiger charge is 2.36. The summed E-state index contributed by atoms with van der Waals surface area (Å²) in [5.41, 5.74) is -0.797. The molecular weight excluding hydrogens is 256 g/mol. The van der Waals surface area contributed by atoms with Crippen LogP contribution >= 0.6 is 0 Å². The molecule has 0 spiro atoms. The number of likely N-dealkylation sites (N-methyl/N-ethyl adjacent to an activating group) is 1. The summed E-state index contributed by atoms with van der Waals surface area (Å²) in [6, 6.07) is 0.168. The van der Waals surface area contributed by atoms with Crippen molar-refractivity contribution in [3.05, 3.63) is 0 Å². The maximum atomic E-state index is 11.6. The Bertz CT molecular complexity index is 272. The third-order valence-electron chi connectivity index (χ3n) is 3.54. The van der Waals surface area contributed by atoms with E-state index < -0.39 is 11.5 Å². The summed E-state index contributed by atoms with van der Waals surface area (Å²) in [4.78, 5) is 13.8. The summed E-state index contributed by atoms with van der Waals surface area (Å²) < 4.78 is 5.32. The van der Waals surface area contributed by atoms with Crippen molar-refractivity contribution in [2.45, 2.75) is 58.5 Å². The molecule has 0 rings (SSSR count). The summed E-state index contributed by atoms with van der Waals surface area (Å²) in [6.45, 7) is 11.1. The zero-order valence-corrected chi connectivity index (χ0v) is 13.7. The molecule has 0 fully saturated rings. The highest BCUT2D eigenvalue weighted by Crippen LogP contribution is 2.19. The molecule has 120 valence electrons. The van der Waals surface area contributed by atoms with Gasteiger partial charge in [0.2, 0.25) is 0 Å². The van der Waals surface area contributed by atoms with E-state index in [2.05, 4.69) is 10.2 Å². The van der Waals surface area contributed by atoms with E-state index in [1.807, 2.05) is 34.7 Å². The highest BCUT2D eigenvalue weighted by atomic mass is 16.5. The minimum atomic E-state index is -0.797. The monoisotopic (exact) mass is 288 g/mol. The SMILES string of the molecule is CCOCCN(C)CCCC(CC)(NC(C)C)C(=O)O. The predicted molar refractivity (Wildman–Crippen MR) is 82.2 cm³/mol. The van der Waals surface area contributed by atoms with Crippen LogP contribution in [0.15, 0.2) is 0 Å². The number of hydrogen-bond acceptors (Lipinski definition) is 4. The Balaban J connectivity index is 4.23. The van der Waals surface area contributed by atoms with Crippen LogP contribution in [-0.2, 0) is 9.53 Å². The number of hydrogen-bond donors (Lipinski definition) is 2. The number of carboxylic acid groups (broad SMARTS) is 1. The van der Waals surface area contributed by atoms with Crippen LogP contribution in [0.5, 0.6) is 0 Å². The van der Waals surface area contributed by atoms with Gasteiger partial charge in [-0.2, -0.15) is 0 Å². The molecule has 0 radical (unpaired) electrons. The molecule has 0 aromatic carbocycles. The maximum Gasteiger partial charge on any atom is 0.323 e. The first-order valence-electron chi connectivity index (χ1n) is 7.65. The minimum Gasteiger partial charge on any atom is -0.480 e. The van der Waals surface area contributed by atoms with E-state index in [0.29, 0.717) is 12.8 Å². The number of nitrogens with zero attached hydrogens (tertiary/aromatic N) is 1. The summed E-state index contributed by atoms with van der Waals surface area (Å²) in [6.07, 6.45) is 2.11. The molecule has 0 saturated carbocycles. The maximum absolute atomic E-state index is 11.6. The zero-order valence-electron chi connectivity index (χ0n) is 13.7. The van der Waals surface area contributed by atoms with Crippen molar-refractivity contribution in [2.24, 2.45) is 0 Å². The van der Waals surface area contributed by atoms with Gasteiger partial charge in [0.1, 0.15) is 5.54 Å². The van der Waals surface area contributed by atoms with Crippen molar-refractivity contribution in [3.8, 4) is 0 Å². The van der Waals surface area contributed by atoms with Gasteiger partial charge in [-0.05, 0) is 53.6 Å². The Kier molecular flexibility index (Phi) is 9.80.